The van der Waals surface area contributed by atoms with Crippen LogP contribution in [0.15, 0.2) is 24.3 Å². The quantitative estimate of drug-likeness (QED) is 0.163. The van der Waals surface area contributed by atoms with E-state index in [1.807, 2.05) is 20.8 Å². The first-order valence-electron chi connectivity index (χ1n) is 12.2. The molecule has 206 valence electrons. The zero-order valence-corrected chi connectivity index (χ0v) is 21.7. The van der Waals surface area contributed by atoms with Crippen LogP contribution in [0.3, 0.4) is 0 Å². The molecular formula is C25H39N5O7. The van der Waals surface area contributed by atoms with Gasteiger partial charge in [-0.15, -0.1) is 0 Å². The number of benzene rings is 1. The third kappa shape index (κ3) is 10.9. The van der Waals surface area contributed by atoms with Crippen LogP contribution >= 0.6 is 0 Å². The van der Waals surface area contributed by atoms with Gasteiger partial charge < -0.3 is 37.6 Å². The van der Waals surface area contributed by atoms with Gasteiger partial charge in [-0.2, -0.15) is 0 Å². The molecule has 1 rings (SSSR count). The fourth-order valence-corrected chi connectivity index (χ4v) is 3.58. The molecule has 0 aliphatic rings. The van der Waals surface area contributed by atoms with Gasteiger partial charge in [-0.3, -0.25) is 19.2 Å². The van der Waals surface area contributed by atoms with E-state index in [0.717, 1.165) is 0 Å². The maximum atomic E-state index is 13.3. The lowest BCUT2D eigenvalue weighted by Gasteiger charge is -2.28. The van der Waals surface area contributed by atoms with Crippen molar-refractivity contribution in [3.05, 3.63) is 29.8 Å². The van der Waals surface area contributed by atoms with E-state index in [4.69, 9.17) is 11.5 Å². The van der Waals surface area contributed by atoms with Crippen LogP contribution in [-0.4, -0.2) is 64.0 Å². The highest BCUT2D eigenvalue weighted by molar-refractivity contribution is 5.95. The van der Waals surface area contributed by atoms with Gasteiger partial charge in [0.2, 0.25) is 23.6 Å². The average molecular weight is 522 g/mol. The van der Waals surface area contributed by atoms with Crippen LogP contribution in [0.1, 0.15) is 52.5 Å². The molecular weight excluding hydrogens is 482 g/mol. The number of carboxylic acids is 1. The lowest BCUT2D eigenvalue weighted by Crippen LogP contribution is -2.59. The summed E-state index contributed by atoms with van der Waals surface area (Å²) in [7, 11) is 0. The van der Waals surface area contributed by atoms with Crippen molar-refractivity contribution in [2.75, 3.05) is 0 Å². The molecule has 0 fully saturated rings. The largest absolute Gasteiger partial charge is 0.508 e. The van der Waals surface area contributed by atoms with E-state index in [1.54, 1.807) is 19.1 Å². The minimum absolute atomic E-state index is 0.00699. The molecule has 12 nitrogen and oxygen atoms in total. The van der Waals surface area contributed by atoms with Crippen LogP contribution in [0.5, 0.6) is 5.75 Å². The van der Waals surface area contributed by atoms with E-state index in [-0.39, 0.29) is 30.4 Å². The Balaban J connectivity index is 3.17. The number of carbonyl (C=O) groups excluding carboxylic acids is 4. The minimum Gasteiger partial charge on any atom is -0.508 e. The summed E-state index contributed by atoms with van der Waals surface area (Å²) in [5.41, 5.74) is 11.4. The van der Waals surface area contributed by atoms with Crippen molar-refractivity contribution in [1.29, 1.82) is 0 Å². The zero-order valence-electron chi connectivity index (χ0n) is 21.7. The van der Waals surface area contributed by atoms with E-state index in [1.165, 1.54) is 12.1 Å². The highest BCUT2D eigenvalue weighted by atomic mass is 16.4. The first kappa shape index (κ1) is 31.4. The van der Waals surface area contributed by atoms with Gasteiger partial charge >= 0.3 is 5.97 Å². The number of phenols is 1. The summed E-state index contributed by atoms with van der Waals surface area (Å²) >= 11 is 0. The lowest BCUT2D eigenvalue weighted by molar-refractivity contribution is -0.143. The molecule has 5 unspecified atom stereocenters. The van der Waals surface area contributed by atoms with Gasteiger partial charge in [-0.05, 0) is 36.0 Å². The van der Waals surface area contributed by atoms with E-state index in [2.05, 4.69) is 16.0 Å². The molecule has 1 aromatic carbocycles. The molecule has 0 heterocycles. The molecule has 5 atom stereocenters. The maximum Gasteiger partial charge on any atom is 0.326 e. The summed E-state index contributed by atoms with van der Waals surface area (Å²) in [6.45, 7) is 7.21. The molecule has 1 aromatic rings. The molecule has 0 saturated heterocycles. The molecule has 4 amide bonds. The third-order valence-corrected chi connectivity index (χ3v) is 5.88. The third-order valence-electron chi connectivity index (χ3n) is 5.88. The van der Waals surface area contributed by atoms with Crippen molar-refractivity contribution >= 4 is 29.6 Å². The van der Waals surface area contributed by atoms with Crippen LogP contribution in [0.4, 0.5) is 0 Å². The van der Waals surface area contributed by atoms with Crippen molar-refractivity contribution in [2.24, 2.45) is 23.3 Å². The predicted molar refractivity (Wildman–Crippen MR) is 136 cm³/mol. The van der Waals surface area contributed by atoms with Crippen LogP contribution in [-0.2, 0) is 30.4 Å². The second-order valence-corrected chi connectivity index (χ2v) is 9.61. The SMILES string of the molecule is CCC(C)C(NC(=O)C(Cc1ccc(O)cc1)NC(=O)C(N)CC(N)=O)C(=O)NC(CC(C)C)C(=O)O. The lowest BCUT2D eigenvalue weighted by atomic mass is 9.96. The van der Waals surface area contributed by atoms with Crippen LogP contribution < -0.4 is 27.4 Å². The standard InChI is InChI=1S/C25H39N5O7/c1-5-14(4)21(24(35)29-19(25(36)37)10-13(2)3)30-23(34)18(11-15-6-8-16(31)9-7-15)28-22(33)17(26)12-20(27)32/h6-9,13-14,17-19,21,31H,5,10-12,26H2,1-4H3,(H2,27,32)(H,28,33)(H,29,35)(H,30,34)(H,36,37). The Kier molecular flexibility index (Phi) is 12.5. The highest BCUT2D eigenvalue weighted by Gasteiger charge is 2.33. The number of nitrogens with two attached hydrogens (primary N) is 2. The summed E-state index contributed by atoms with van der Waals surface area (Å²) in [6.07, 6.45) is 0.267. The van der Waals surface area contributed by atoms with Gasteiger partial charge in [0.05, 0.1) is 12.5 Å². The average Bonchev–Trinajstić information content (AvgIpc) is 2.81. The van der Waals surface area contributed by atoms with E-state index in [0.29, 0.717) is 12.0 Å². The maximum absolute atomic E-state index is 13.3. The van der Waals surface area contributed by atoms with E-state index >= 15 is 0 Å². The molecule has 0 aliphatic heterocycles. The fourth-order valence-electron chi connectivity index (χ4n) is 3.58. The number of hydrogen-bond acceptors (Lipinski definition) is 7. The number of carbonyl (C=O) groups is 5. The minimum atomic E-state index is -1.28. The molecule has 0 saturated carbocycles. The van der Waals surface area contributed by atoms with Crippen LogP contribution in [0.25, 0.3) is 0 Å². The fraction of sp³-hybridized carbons (Fsp3) is 0.560. The van der Waals surface area contributed by atoms with Gasteiger partial charge in [0.25, 0.3) is 0 Å². The Morgan fingerprint density at radius 3 is 1.95 bits per heavy atom. The summed E-state index contributed by atoms with van der Waals surface area (Å²) < 4.78 is 0. The number of primary amides is 1. The van der Waals surface area contributed by atoms with Crippen molar-refractivity contribution in [3.63, 3.8) is 0 Å². The number of carboxylic acid groups (broad SMARTS) is 1. The Morgan fingerprint density at radius 1 is 0.892 bits per heavy atom. The number of phenolic OH excluding ortho intramolecular Hbond substituents is 1. The van der Waals surface area contributed by atoms with Crippen molar-refractivity contribution in [3.8, 4) is 5.75 Å². The zero-order chi connectivity index (χ0) is 28.3. The second kappa shape index (κ2) is 14.8. The monoisotopic (exact) mass is 521 g/mol. The Bertz CT molecular complexity index is 951. The highest BCUT2D eigenvalue weighted by Crippen LogP contribution is 2.14. The van der Waals surface area contributed by atoms with E-state index in [9.17, 15) is 34.2 Å². The summed E-state index contributed by atoms with van der Waals surface area (Å²) in [5.74, 6) is -4.46. The smallest absolute Gasteiger partial charge is 0.326 e. The van der Waals surface area contributed by atoms with Crippen molar-refractivity contribution < 1.29 is 34.2 Å². The molecule has 0 aliphatic carbocycles. The van der Waals surface area contributed by atoms with Crippen LogP contribution in [0, 0.1) is 11.8 Å². The first-order valence-corrected chi connectivity index (χ1v) is 12.2. The number of hydrogen-bond donors (Lipinski definition) is 7. The number of rotatable bonds is 15. The normalized spacial score (nSPS) is 15.1. The van der Waals surface area contributed by atoms with E-state index < -0.39 is 60.2 Å². The van der Waals surface area contributed by atoms with Gasteiger partial charge in [0.15, 0.2) is 0 Å². The van der Waals surface area contributed by atoms with Crippen LogP contribution in [0.2, 0.25) is 0 Å². The van der Waals surface area contributed by atoms with Crippen molar-refractivity contribution in [1.82, 2.24) is 16.0 Å². The van der Waals surface area contributed by atoms with Gasteiger partial charge in [-0.1, -0.05) is 46.2 Å². The number of aromatic hydroxyl groups is 1. The Hall–Kier alpha value is -3.67. The molecule has 0 radical (unpaired) electrons. The second-order valence-electron chi connectivity index (χ2n) is 9.61. The molecule has 9 N–H and O–H groups in total. The molecule has 37 heavy (non-hydrogen) atoms. The van der Waals surface area contributed by atoms with Gasteiger partial charge in [0.1, 0.15) is 23.9 Å². The number of nitrogens with one attached hydrogen (secondary N) is 3. The Morgan fingerprint density at radius 2 is 1.46 bits per heavy atom. The van der Waals surface area contributed by atoms with Gasteiger partial charge in [-0.25, -0.2) is 4.79 Å². The van der Waals surface area contributed by atoms with Gasteiger partial charge in [0, 0.05) is 6.42 Å². The molecule has 0 spiro atoms. The van der Waals surface area contributed by atoms with Crippen molar-refractivity contribution in [2.45, 2.75) is 77.5 Å². The topological polar surface area (TPSA) is 214 Å². The molecule has 0 aromatic heterocycles. The number of amides is 4. The summed E-state index contributed by atoms with van der Waals surface area (Å²) in [6, 6.07) is 1.28. The predicted octanol–water partition coefficient (Wildman–Crippen LogP) is -0.231. The summed E-state index contributed by atoms with van der Waals surface area (Å²) in [5, 5.41) is 26.7. The first-order chi connectivity index (χ1) is 17.2. The summed E-state index contributed by atoms with van der Waals surface area (Å²) in [4.78, 5) is 61.8. The molecule has 12 heteroatoms. The molecule has 0 bridgehead atoms. The Labute approximate surface area is 216 Å². The number of aliphatic carboxylic acids is 1.